The molecule has 6 heteroatoms. The number of carbonyl (C=O) groups is 3. The van der Waals surface area contributed by atoms with E-state index in [1.807, 2.05) is 0 Å². The van der Waals surface area contributed by atoms with E-state index in [2.05, 4.69) is 45.1 Å². The summed E-state index contributed by atoms with van der Waals surface area (Å²) in [7, 11) is 0. The van der Waals surface area contributed by atoms with Gasteiger partial charge >= 0.3 is 17.9 Å². The lowest BCUT2D eigenvalue weighted by atomic mass is 10.0. The maximum absolute atomic E-state index is 12.9. The molecule has 0 bridgehead atoms. The van der Waals surface area contributed by atoms with Crippen LogP contribution < -0.4 is 0 Å². The number of esters is 3. The van der Waals surface area contributed by atoms with Gasteiger partial charge in [-0.1, -0.05) is 334 Å². The number of ether oxygens (including phenoxy) is 3. The summed E-state index contributed by atoms with van der Waals surface area (Å²) in [6.07, 6.45) is 82.4. The van der Waals surface area contributed by atoms with Crippen molar-refractivity contribution >= 4 is 17.9 Å². The van der Waals surface area contributed by atoms with Crippen molar-refractivity contribution in [1.82, 2.24) is 0 Å². The van der Waals surface area contributed by atoms with E-state index >= 15 is 0 Å². The number of hydrogen-bond acceptors (Lipinski definition) is 6. The lowest BCUT2D eigenvalue weighted by Gasteiger charge is -2.18. The monoisotopic (exact) mass is 1100 g/mol. The van der Waals surface area contributed by atoms with Crippen LogP contribution in [-0.2, 0) is 28.6 Å². The molecule has 0 amide bonds. The van der Waals surface area contributed by atoms with E-state index in [0.717, 1.165) is 70.6 Å². The third-order valence-electron chi connectivity index (χ3n) is 16.2. The van der Waals surface area contributed by atoms with Crippen LogP contribution in [0.2, 0.25) is 0 Å². The maximum atomic E-state index is 12.9. The topological polar surface area (TPSA) is 78.9 Å². The molecule has 0 saturated heterocycles. The highest BCUT2D eigenvalue weighted by atomic mass is 16.6. The molecule has 1 unspecified atom stereocenters. The van der Waals surface area contributed by atoms with E-state index in [-0.39, 0.29) is 31.1 Å². The summed E-state index contributed by atoms with van der Waals surface area (Å²) >= 11 is 0. The van der Waals surface area contributed by atoms with E-state index in [1.165, 1.54) is 289 Å². The van der Waals surface area contributed by atoms with Crippen molar-refractivity contribution in [1.29, 1.82) is 0 Å². The van der Waals surface area contributed by atoms with Gasteiger partial charge in [-0.25, -0.2) is 0 Å². The molecule has 1 atom stereocenters. The smallest absolute Gasteiger partial charge is 0.306 e. The quantitative estimate of drug-likeness (QED) is 0.0261. The first-order valence-electron chi connectivity index (χ1n) is 35.3. The lowest BCUT2D eigenvalue weighted by molar-refractivity contribution is -0.167. The molecule has 78 heavy (non-hydrogen) atoms. The Hall–Kier alpha value is -2.11. The summed E-state index contributed by atoms with van der Waals surface area (Å²) < 4.78 is 16.9. The molecule has 6 nitrogen and oxygen atoms in total. The minimum atomic E-state index is -0.776. The van der Waals surface area contributed by atoms with Crippen LogP contribution >= 0.6 is 0 Å². The standard InChI is InChI=1S/C72H136O6/c1-4-7-10-13-16-19-22-25-27-28-29-30-31-32-33-34-35-36-37-38-39-40-41-42-43-44-45-46-48-50-53-56-59-62-65-71(74)77-68-69(67-76-70(73)64-61-58-55-52-49-24-21-18-15-12-9-6-3)78-72(75)66-63-60-57-54-51-47-26-23-20-17-14-11-8-5-2/h18,21,23,26,69H,4-17,19-20,22,24-25,27-68H2,1-3H3/b21-18-,26-23-. The number of allylic oxidation sites excluding steroid dienone is 4. The highest BCUT2D eigenvalue weighted by Crippen LogP contribution is 2.19. The summed E-state index contributed by atoms with van der Waals surface area (Å²) in [5.41, 5.74) is 0. The second kappa shape index (κ2) is 67.4. The Labute approximate surface area is 487 Å². The maximum Gasteiger partial charge on any atom is 0.306 e. The van der Waals surface area contributed by atoms with Crippen molar-refractivity contribution < 1.29 is 28.6 Å². The van der Waals surface area contributed by atoms with Gasteiger partial charge in [-0.15, -0.1) is 0 Å². The Morgan fingerprint density at radius 2 is 0.423 bits per heavy atom. The summed E-state index contributed by atoms with van der Waals surface area (Å²) in [5.74, 6) is -0.866. The third kappa shape index (κ3) is 64.7. The molecule has 0 aliphatic rings. The van der Waals surface area contributed by atoms with E-state index in [0.29, 0.717) is 19.3 Å². The van der Waals surface area contributed by atoms with E-state index in [1.54, 1.807) is 0 Å². The average molecular weight is 1100 g/mol. The van der Waals surface area contributed by atoms with E-state index in [4.69, 9.17) is 14.2 Å². The normalized spacial score (nSPS) is 12.1. The zero-order valence-corrected chi connectivity index (χ0v) is 53.0. The van der Waals surface area contributed by atoms with Crippen LogP contribution in [0.25, 0.3) is 0 Å². The fourth-order valence-electron chi connectivity index (χ4n) is 10.8. The molecule has 0 fully saturated rings. The molecule has 0 heterocycles. The Morgan fingerprint density at radius 3 is 0.667 bits per heavy atom. The van der Waals surface area contributed by atoms with E-state index in [9.17, 15) is 14.4 Å². The number of rotatable bonds is 66. The molecule has 0 spiro atoms. The van der Waals surface area contributed by atoms with Gasteiger partial charge in [0.1, 0.15) is 13.2 Å². The second-order valence-electron chi connectivity index (χ2n) is 24.1. The largest absolute Gasteiger partial charge is 0.462 e. The molecule has 0 rings (SSSR count). The Morgan fingerprint density at radius 1 is 0.244 bits per heavy atom. The molecule has 460 valence electrons. The summed E-state index contributed by atoms with van der Waals surface area (Å²) in [5, 5.41) is 0. The average Bonchev–Trinajstić information content (AvgIpc) is 3.44. The Balaban J connectivity index is 4.01. The van der Waals surface area contributed by atoms with Crippen molar-refractivity contribution in [3.05, 3.63) is 24.3 Å². The minimum absolute atomic E-state index is 0.0726. The molecular weight excluding hydrogens is 961 g/mol. The van der Waals surface area contributed by atoms with Crippen LogP contribution in [0.3, 0.4) is 0 Å². The predicted molar refractivity (Wildman–Crippen MR) is 340 cm³/mol. The van der Waals surface area contributed by atoms with Gasteiger partial charge in [0.05, 0.1) is 0 Å². The fraction of sp³-hybridized carbons (Fsp3) is 0.903. The summed E-state index contributed by atoms with van der Waals surface area (Å²) in [4.78, 5) is 38.2. The van der Waals surface area contributed by atoms with Gasteiger partial charge in [0.25, 0.3) is 0 Å². The van der Waals surface area contributed by atoms with Crippen molar-refractivity contribution in [2.75, 3.05) is 13.2 Å². The molecule has 0 aliphatic heterocycles. The molecule has 0 aromatic carbocycles. The first kappa shape index (κ1) is 75.9. The highest BCUT2D eigenvalue weighted by Gasteiger charge is 2.19. The van der Waals surface area contributed by atoms with Gasteiger partial charge in [-0.3, -0.25) is 14.4 Å². The lowest BCUT2D eigenvalue weighted by Crippen LogP contribution is -2.30. The van der Waals surface area contributed by atoms with Gasteiger partial charge in [-0.05, 0) is 70.6 Å². The van der Waals surface area contributed by atoms with Gasteiger partial charge in [0.2, 0.25) is 0 Å². The fourth-order valence-corrected chi connectivity index (χ4v) is 10.8. The molecule has 0 aromatic heterocycles. The van der Waals surface area contributed by atoms with Crippen LogP contribution in [0.5, 0.6) is 0 Å². The zero-order chi connectivity index (χ0) is 56.4. The first-order chi connectivity index (χ1) is 38.5. The van der Waals surface area contributed by atoms with Crippen LogP contribution in [0.1, 0.15) is 400 Å². The molecule has 0 aromatic rings. The minimum Gasteiger partial charge on any atom is -0.462 e. The third-order valence-corrected chi connectivity index (χ3v) is 16.2. The predicted octanol–water partition coefficient (Wildman–Crippen LogP) is 24.2. The van der Waals surface area contributed by atoms with Crippen molar-refractivity contribution in [2.24, 2.45) is 0 Å². The molecular formula is C72H136O6. The summed E-state index contributed by atoms with van der Waals surface area (Å²) in [6.45, 7) is 6.66. The van der Waals surface area contributed by atoms with Crippen LogP contribution in [0.4, 0.5) is 0 Å². The molecule has 0 N–H and O–H groups in total. The van der Waals surface area contributed by atoms with Crippen LogP contribution in [0.15, 0.2) is 24.3 Å². The van der Waals surface area contributed by atoms with Crippen molar-refractivity contribution in [3.63, 3.8) is 0 Å². The van der Waals surface area contributed by atoms with E-state index < -0.39 is 6.10 Å². The number of hydrogen-bond donors (Lipinski definition) is 0. The highest BCUT2D eigenvalue weighted by molar-refractivity contribution is 5.71. The number of carbonyl (C=O) groups excluding carboxylic acids is 3. The molecule has 0 saturated carbocycles. The first-order valence-corrected chi connectivity index (χ1v) is 35.3. The van der Waals surface area contributed by atoms with Gasteiger partial charge in [0.15, 0.2) is 6.10 Å². The van der Waals surface area contributed by atoms with Gasteiger partial charge < -0.3 is 14.2 Å². The Bertz CT molecular complexity index is 1260. The molecule has 0 radical (unpaired) electrons. The summed E-state index contributed by atoms with van der Waals surface area (Å²) in [6, 6.07) is 0. The van der Waals surface area contributed by atoms with Crippen molar-refractivity contribution in [3.8, 4) is 0 Å². The van der Waals surface area contributed by atoms with Crippen LogP contribution in [-0.4, -0.2) is 37.2 Å². The Kier molecular flexibility index (Phi) is 65.6. The van der Waals surface area contributed by atoms with Crippen molar-refractivity contribution in [2.45, 2.75) is 406 Å². The second-order valence-corrected chi connectivity index (χ2v) is 24.1. The van der Waals surface area contributed by atoms with Crippen LogP contribution in [0, 0.1) is 0 Å². The number of unbranched alkanes of at least 4 members (excludes halogenated alkanes) is 51. The van der Waals surface area contributed by atoms with Gasteiger partial charge in [0, 0.05) is 19.3 Å². The zero-order valence-electron chi connectivity index (χ0n) is 53.0. The molecule has 0 aliphatic carbocycles. The van der Waals surface area contributed by atoms with Gasteiger partial charge in [-0.2, -0.15) is 0 Å². The SMILES string of the molecule is CCCCC/C=C\CCCCCCCC(=O)OCC(COC(=O)CCCCCCCCCCCCCCCCCCCCCCCCCCCCCCCCCCCC)OC(=O)CCCCCCC/C=C\CCCCCCC.